The van der Waals surface area contributed by atoms with E-state index in [9.17, 15) is 14.9 Å². The third kappa shape index (κ3) is 3.45. The maximum atomic E-state index is 10.7. The maximum absolute atomic E-state index is 10.7. The first kappa shape index (κ1) is 13.4. The summed E-state index contributed by atoms with van der Waals surface area (Å²) in [5.74, 6) is 1.13. The Hall–Kier alpha value is -2.62. The Balaban J connectivity index is 2.90. The van der Waals surface area contributed by atoms with Gasteiger partial charge in [-0.25, -0.2) is 9.78 Å². The molecular weight excluding hydrogens is 238 g/mol. The first-order chi connectivity index (χ1) is 8.56. The lowest BCUT2D eigenvalue weighted by molar-refractivity contribution is -0.384. The minimum Gasteiger partial charge on any atom is -0.477 e. The van der Waals surface area contributed by atoms with Gasteiger partial charge in [-0.1, -0.05) is 0 Å². The molecule has 0 aromatic carbocycles. The molecule has 1 rings (SSSR count). The second kappa shape index (κ2) is 6.20. The van der Waals surface area contributed by atoms with E-state index in [0.29, 0.717) is 19.4 Å². The second-order valence-electron chi connectivity index (χ2n) is 3.36. The lowest BCUT2D eigenvalue weighted by atomic mass is 10.3. The molecule has 0 atom stereocenters. The fourth-order valence-corrected chi connectivity index (χ4v) is 1.25. The molecule has 0 aliphatic rings. The number of terminal acetylenes is 1. The van der Waals surface area contributed by atoms with Crippen molar-refractivity contribution in [1.82, 2.24) is 4.98 Å². The van der Waals surface area contributed by atoms with Crippen LogP contribution in [0.5, 0.6) is 0 Å². The Labute approximate surface area is 103 Å². The topological polar surface area (TPSA) is 105 Å². The van der Waals surface area contributed by atoms with Gasteiger partial charge in [0.15, 0.2) is 5.69 Å². The summed E-state index contributed by atoms with van der Waals surface area (Å²) in [4.78, 5) is 24.5. The summed E-state index contributed by atoms with van der Waals surface area (Å²) in [6, 6.07) is 2.20. The molecule has 1 aromatic heterocycles. The highest BCUT2D eigenvalue weighted by atomic mass is 16.6. The molecule has 0 spiro atoms. The highest BCUT2D eigenvalue weighted by molar-refractivity contribution is 5.86. The molecule has 0 bridgehead atoms. The number of hydrogen-bond donors (Lipinski definition) is 2. The Bertz CT molecular complexity index is 508. The van der Waals surface area contributed by atoms with Crippen molar-refractivity contribution in [3.05, 3.63) is 27.9 Å². The van der Waals surface area contributed by atoms with Crippen LogP contribution >= 0.6 is 0 Å². The number of anilines is 1. The molecule has 1 heterocycles. The average Bonchev–Trinajstić information content (AvgIpc) is 2.34. The quantitative estimate of drug-likeness (QED) is 0.342. The lowest BCUT2D eigenvalue weighted by Gasteiger charge is -2.05. The van der Waals surface area contributed by atoms with Crippen molar-refractivity contribution < 1.29 is 14.8 Å². The highest BCUT2D eigenvalue weighted by Crippen LogP contribution is 2.22. The summed E-state index contributed by atoms with van der Waals surface area (Å²) in [6.45, 7) is 0.390. The van der Waals surface area contributed by atoms with Gasteiger partial charge in [-0.2, -0.15) is 0 Å². The van der Waals surface area contributed by atoms with Gasteiger partial charge in [-0.15, -0.1) is 12.3 Å². The molecule has 0 aliphatic carbocycles. The normalized spacial score (nSPS) is 9.50. The SMILES string of the molecule is C#CCCCNc1nc(C(=O)O)ccc1[N+](=O)[O-]. The number of aromatic nitrogens is 1. The summed E-state index contributed by atoms with van der Waals surface area (Å²) in [5.41, 5.74) is -0.513. The smallest absolute Gasteiger partial charge is 0.354 e. The Kier molecular flexibility index (Phi) is 4.63. The van der Waals surface area contributed by atoms with Crippen LogP contribution in [0.2, 0.25) is 0 Å². The minimum atomic E-state index is -1.24. The number of carboxylic acids is 1. The third-order valence-corrected chi connectivity index (χ3v) is 2.08. The van der Waals surface area contributed by atoms with Crippen LogP contribution in [0.1, 0.15) is 23.3 Å². The summed E-state index contributed by atoms with van der Waals surface area (Å²) in [7, 11) is 0. The molecule has 0 radical (unpaired) electrons. The van der Waals surface area contributed by atoms with Gasteiger partial charge in [0.25, 0.3) is 0 Å². The zero-order valence-electron chi connectivity index (χ0n) is 9.42. The first-order valence-corrected chi connectivity index (χ1v) is 5.12. The predicted molar refractivity (Wildman–Crippen MR) is 64.4 cm³/mol. The number of hydrogen-bond acceptors (Lipinski definition) is 5. The van der Waals surface area contributed by atoms with Crippen LogP contribution in [0, 0.1) is 22.5 Å². The Morgan fingerprint density at radius 1 is 1.61 bits per heavy atom. The van der Waals surface area contributed by atoms with Gasteiger partial charge in [0.05, 0.1) is 4.92 Å². The number of carboxylic acid groups (broad SMARTS) is 1. The molecule has 0 aliphatic heterocycles. The number of nitrogens with one attached hydrogen (secondary N) is 1. The predicted octanol–water partition coefficient (Wildman–Crippen LogP) is 1.51. The Morgan fingerprint density at radius 3 is 2.89 bits per heavy atom. The number of pyridine rings is 1. The molecular formula is C11H11N3O4. The van der Waals surface area contributed by atoms with Gasteiger partial charge in [0, 0.05) is 19.0 Å². The van der Waals surface area contributed by atoms with Crippen molar-refractivity contribution in [2.24, 2.45) is 0 Å². The van der Waals surface area contributed by atoms with E-state index in [1.54, 1.807) is 0 Å². The van der Waals surface area contributed by atoms with Crippen molar-refractivity contribution in [2.45, 2.75) is 12.8 Å². The summed E-state index contributed by atoms with van der Waals surface area (Å²) in [6.07, 6.45) is 6.22. The molecule has 7 nitrogen and oxygen atoms in total. The Morgan fingerprint density at radius 2 is 2.33 bits per heavy atom. The van der Waals surface area contributed by atoms with E-state index >= 15 is 0 Å². The summed E-state index contributed by atoms with van der Waals surface area (Å²) < 4.78 is 0. The van der Waals surface area contributed by atoms with E-state index in [0.717, 1.165) is 12.1 Å². The minimum absolute atomic E-state index is 0.0584. The monoisotopic (exact) mass is 249 g/mol. The van der Waals surface area contributed by atoms with Crippen molar-refractivity contribution >= 4 is 17.5 Å². The lowest BCUT2D eigenvalue weighted by Crippen LogP contribution is -2.09. The van der Waals surface area contributed by atoms with Crippen LogP contribution in [0.25, 0.3) is 0 Å². The molecule has 2 N–H and O–H groups in total. The van der Waals surface area contributed by atoms with Crippen LogP contribution in [0.3, 0.4) is 0 Å². The van der Waals surface area contributed by atoms with Crippen LogP contribution in [0.15, 0.2) is 12.1 Å². The van der Waals surface area contributed by atoms with Crippen molar-refractivity contribution in [2.75, 3.05) is 11.9 Å². The van der Waals surface area contributed by atoms with Crippen molar-refractivity contribution in [3.63, 3.8) is 0 Å². The molecule has 0 saturated heterocycles. The molecule has 0 saturated carbocycles. The summed E-state index contributed by atoms with van der Waals surface area (Å²) >= 11 is 0. The number of nitrogens with zero attached hydrogens (tertiary/aromatic N) is 2. The average molecular weight is 249 g/mol. The molecule has 1 aromatic rings. The van der Waals surface area contributed by atoms with Gasteiger partial charge < -0.3 is 10.4 Å². The number of carbonyl (C=O) groups is 1. The van der Waals surface area contributed by atoms with Gasteiger partial charge >= 0.3 is 11.7 Å². The number of aromatic carboxylic acids is 1. The van der Waals surface area contributed by atoms with E-state index in [1.807, 2.05) is 0 Å². The van der Waals surface area contributed by atoms with E-state index in [1.165, 1.54) is 0 Å². The zero-order valence-corrected chi connectivity index (χ0v) is 9.42. The summed E-state index contributed by atoms with van der Waals surface area (Å²) in [5, 5.41) is 22.2. The van der Waals surface area contributed by atoms with Gasteiger partial charge in [0.1, 0.15) is 0 Å². The number of unbranched alkanes of at least 4 members (excludes halogenated alkanes) is 1. The van der Waals surface area contributed by atoms with Crippen LogP contribution in [-0.2, 0) is 0 Å². The van der Waals surface area contributed by atoms with E-state index in [4.69, 9.17) is 11.5 Å². The third-order valence-electron chi connectivity index (χ3n) is 2.08. The molecule has 0 amide bonds. The number of rotatable bonds is 6. The van der Waals surface area contributed by atoms with Crippen LogP contribution in [-0.4, -0.2) is 27.5 Å². The zero-order chi connectivity index (χ0) is 13.5. The second-order valence-corrected chi connectivity index (χ2v) is 3.36. The van der Waals surface area contributed by atoms with Crippen LogP contribution < -0.4 is 5.32 Å². The van der Waals surface area contributed by atoms with Gasteiger partial charge in [-0.05, 0) is 12.5 Å². The largest absolute Gasteiger partial charge is 0.477 e. The molecule has 0 fully saturated rings. The molecule has 0 unspecified atom stereocenters. The van der Waals surface area contributed by atoms with Crippen molar-refractivity contribution in [1.29, 1.82) is 0 Å². The van der Waals surface area contributed by atoms with Crippen molar-refractivity contribution in [3.8, 4) is 12.3 Å². The molecule has 94 valence electrons. The fraction of sp³-hybridized carbons (Fsp3) is 0.273. The van der Waals surface area contributed by atoms with E-state index in [2.05, 4.69) is 16.2 Å². The van der Waals surface area contributed by atoms with Gasteiger partial charge in [-0.3, -0.25) is 10.1 Å². The highest BCUT2D eigenvalue weighted by Gasteiger charge is 2.17. The number of nitro groups is 1. The fourth-order valence-electron chi connectivity index (χ4n) is 1.25. The molecule has 18 heavy (non-hydrogen) atoms. The van der Waals surface area contributed by atoms with Gasteiger partial charge in [0.2, 0.25) is 5.82 Å². The molecule has 7 heteroatoms. The maximum Gasteiger partial charge on any atom is 0.354 e. The first-order valence-electron chi connectivity index (χ1n) is 5.12. The standard InChI is InChI=1S/C11H11N3O4/c1-2-3-4-7-12-10-9(14(17)18)6-5-8(13-10)11(15)16/h1,5-6H,3-4,7H2,(H,12,13)(H,15,16). The van der Waals surface area contributed by atoms with Crippen LogP contribution in [0.4, 0.5) is 11.5 Å². The van der Waals surface area contributed by atoms with E-state index in [-0.39, 0.29) is 17.2 Å². The van der Waals surface area contributed by atoms with E-state index < -0.39 is 10.9 Å².